The monoisotopic (exact) mass is 439 g/mol. The number of urea groups is 1. The molecule has 1 aliphatic carbocycles. The second-order valence-electron chi connectivity index (χ2n) is 7.19. The van der Waals surface area contributed by atoms with E-state index in [0.717, 1.165) is 22.6 Å². The van der Waals surface area contributed by atoms with E-state index in [9.17, 15) is 35.9 Å². The quantitative estimate of drug-likeness (QED) is 0.463. The summed E-state index contributed by atoms with van der Waals surface area (Å²) in [6.45, 7) is -0.196. The fourth-order valence-electron chi connectivity index (χ4n) is 3.31. The Balaban J connectivity index is 2.13. The molecular weight excluding hydrogens is 416 g/mol. The Labute approximate surface area is 169 Å². The molecule has 0 heterocycles. The largest absolute Gasteiger partial charge is 0.439 e. The van der Waals surface area contributed by atoms with Crippen LogP contribution in [0.3, 0.4) is 0 Å². The minimum atomic E-state index is -6.01. The molecule has 0 atom stereocenters. The first-order chi connectivity index (χ1) is 14.0. The van der Waals surface area contributed by atoms with Crippen LogP contribution in [0.15, 0.2) is 30.3 Å². The zero-order chi connectivity index (χ0) is 22.4. The molecule has 0 aromatic heterocycles. The van der Waals surface area contributed by atoms with Gasteiger partial charge in [-0.05, 0) is 24.8 Å². The van der Waals surface area contributed by atoms with Crippen molar-refractivity contribution in [2.45, 2.75) is 56.5 Å². The molecular formula is C19H23F6N3O2. The average molecular weight is 439 g/mol. The summed E-state index contributed by atoms with van der Waals surface area (Å²) in [5.41, 5.74) is -4.15. The van der Waals surface area contributed by atoms with Gasteiger partial charge in [0.05, 0.1) is 0 Å². The highest BCUT2D eigenvalue weighted by Gasteiger charge is 2.73. The van der Waals surface area contributed by atoms with Crippen molar-refractivity contribution in [1.29, 1.82) is 0 Å². The number of nitrogens with one attached hydrogen (secondary N) is 3. The van der Waals surface area contributed by atoms with Crippen LogP contribution in [0.4, 0.5) is 31.1 Å². The maximum atomic E-state index is 13.6. The topological polar surface area (TPSA) is 70.2 Å². The molecule has 3 N–H and O–H groups in total. The minimum Gasteiger partial charge on any atom is -0.338 e. The predicted octanol–water partition coefficient (Wildman–Crippen LogP) is 4.05. The molecule has 1 aliphatic rings. The van der Waals surface area contributed by atoms with E-state index in [0.29, 0.717) is 12.8 Å². The Morgan fingerprint density at radius 3 is 1.97 bits per heavy atom. The summed E-state index contributed by atoms with van der Waals surface area (Å²) in [5.74, 6) is -2.35. The number of benzene rings is 1. The smallest absolute Gasteiger partial charge is 0.338 e. The van der Waals surface area contributed by atoms with Crippen molar-refractivity contribution in [3.63, 3.8) is 0 Å². The van der Waals surface area contributed by atoms with Gasteiger partial charge in [0.15, 0.2) is 0 Å². The summed E-state index contributed by atoms with van der Waals surface area (Å²) in [6, 6.07) is 6.84. The van der Waals surface area contributed by atoms with Gasteiger partial charge in [0.2, 0.25) is 5.91 Å². The third-order valence-electron chi connectivity index (χ3n) is 4.98. The maximum absolute atomic E-state index is 13.6. The van der Waals surface area contributed by atoms with Gasteiger partial charge in [-0.3, -0.25) is 10.1 Å². The van der Waals surface area contributed by atoms with Crippen molar-refractivity contribution in [1.82, 2.24) is 16.0 Å². The van der Waals surface area contributed by atoms with Crippen LogP contribution in [0, 0.1) is 5.92 Å². The van der Waals surface area contributed by atoms with E-state index in [1.807, 2.05) is 5.32 Å². The van der Waals surface area contributed by atoms with Crippen LogP contribution in [0.1, 0.15) is 37.7 Å². The molecule has 30 heavy (non-hydrogen) atoms. The average Bonchev–Trinajstić information content (AvgIpc) is 2.67. The summed E-state index contributed by atoms with van der Waals surface area (Å²) in [4.78, 5) is 24.1. The summed E-state index contributed by atoms with van der Waals surface area (Å²) in [6.07, 6.45) is -9.59. The lowest BCUT2D eigenvalue weighted by atomic mass is 9.88. The summed E-state index contributed by atoms with van der Waals surface area (Å²) in [7, 11) is 0. The first-order valence-corrected chi connectivity index (χ1v) is 9.52. The molecule has 0 radical (unpaired) electrons. The number of halogens is 6. The van der Waals surface area contributed by atoms with Gasteiger partial charge in [-0.1, -0.05) is 49.6 Å². The predicted molar refractivity (Wildman–Crippen MR) is 96.2 cm³/mol. The lowest BCUT2D eigenvalue weighted by Gasteiger charge is -2.39. The standard InChI is InChI=1S/C19H23F6N3O2/c20-18(21,22)17(19(23,24)25,27-15(29)14-9-5-2-6-10-14)28-16(30)26-12-11-13-7-3-1-4-8-13/h1,3-4,7-8,14H,2,5-6,9-12H2,(H,27,29)(H2,26,28,30). The third-order valence-corrected chi connectivity index (χ3v) is 4.98. The van der Waals surface area contributed by atoms with Gasteiger partial charge in [0, 0.05) is 12.5 Å². The fourth-order valence-corrected chi connectivity index (χ4v) is 3.31. The minimum absolute atomic E-state index is 0.195. The van der Waals surface area contributed by atoms with E-state index in [2.05, 4.69) is 0 Å². The Morgan fingerprint density at radius 1 is 0.867 bits per heavy atom. The van der Waals surface area contributed by atoms with E-state index < -0.39 is 35.9 Å². The Morgan fingerprint density at radius 2 is 1.43 bits per heavy atom. The third kappa shape index (κ3) is 5.79. The molecule has 0 aliphatic heterocycles. The zero-order valence-electron chi connectivity index (χ0n) is 16.0. The highest BCUT2D eigenvalue weighted by Crippen LogP contribution is 2.41. The first kappa shape index (κ1) is 23.8. The molecule has 5 nitrogen and oxygen atoms in total. The van der Waals surface area contributed by atoms with Gasteiger partial charge in [-0.15, -0.1) is 0 Å². The van der Waals surface area contributed by atoms with E-state index in [-0.39, 0.29) is 25.8 Å². The van der Waals surface area contributed by atoms with Crippen molar-refractivity contribution in [2.75, 3.05) is 6.54 Å². The molecule has 1 fully saturated rings. The van der Waals surface area contributed by atoms with Gasteiger partial charge in [-0.2, -0.15) is 26.3 Å². The molecule has 11 heteroatoms. The number of hydrogen-bond donors (Lipinski definition) is 3. The van der Waals surface area contributed by atoms with E-state index in [1.165, 1.54) is 0 Å². The van der Waals surface area contributed by atoms with Crippen molar-refractivity contribution in [3.05, 3.63) is 35.9 Å². The van der Waals surface area contributed by atoms with Gasteiger partial charge in [0.25, 0.3) is 0 Å². The van der Waals surface area contributed by atoms with Crippen molar-refractivity contribution >= 4 is 11.9 Å². The Kier molecular flexibility index (Phi) is 7.59. The number of carbonyl (C=O) groups excluding carboxylic acids is 2. The van der Waals surface area contributed by atoms with Crippen LogP contribution in [-0.2, 0) is 11.2 Å². The second-order valence-corrected chi connectivity index (χ2v) is 7.19. The number of rotatable bonds is 6. The molecule has 0 spiro atoms. The lowest BCUT2D eigenvalue weighted by molar-refractivity contribution is -0.312. The zero-order valence-corrected chi connectivity index (χ0v) is 16.0. The molecule has 1 aromatic rings. The summed E-state index contributed by atoms with van der Waals surface area (Å²) in [5, 5.41) is 3.98. The van der Waals surface area contributed by atoms with Crippen LogP contribution in [0.25, 0.3) is 0 Å². The van der Waals surface area contributed by atoms with Crippen molar-refractivity contribution in [3.8, 4) is 0 Å². The van der Waals surface area contributed by atoms with E-state index in [4.69, 9.17) is 0 Å². The molecule has 0 saturated heterocycles. The molecule has 2 rings (SSSR count). The summed E-state index contributed by atoms with van der Waals surface area (Å²) >= 11 is 0. The van der Waals surface area contributed by atoms with Gasteiger partial charge < -0.3 is 10.6 Å². The van der Waals surface area contributed by atoms with Crippen molar-refractivity contribution in [2.24, 2.45) is 5.92 Å². The molecule has 0 unspecified atom stereocenters. The molecule has 3 amide bonds. The number of alkyl halides is 6. The first-order valence-electron chi connectivity index (χ1n) is 9.52. The SMILES string of the molecule is O=C(NCCc1ccccc1)NC(NC(=O)C1CCCCC1)(C(F)(F)F)C(F)(F)F. The molecule has 1 aromatic carbocycles. The van der Waals surface area contributed by atoms with Crippen LogP contribution >= 0.6 is 0 Å². The van der Waals surface area contributed by atoms with Crippen LogP contribution in [0.5, 0.6) is 0 Å². The van der Waals surface area contributed by atoms with Gasteiger partial charge in [0.1, 0.15) is 0 Å². The molecule has 1 saturated carbocycles. The lowest BCUT2D eigenvalue weighted by Crippen LogP contribution is -2.77. The highest BCUT2D eigenvalue weighted by atomic mass is 19.4. The fraction of sp³-hybridized carbons (Fsp3) is 0.579. The molecule has 168 valence electrons. The number of amides is 3. The highest BCUT2D eigenvalue weighted by molar-refractivity contribution is 5.81. The van der Waals surface area contributed by atoms with Crippen LogP contribution in [-0.4, -0.2) is 36.5 Å². The van der Waals surface area contributed by atoms with Crippen molar-refractivity contribution < 1.29 is 35.9 Å². The Bertz CT molecular complexity index is 701. The normalized spacial score (nSPS) is 16.1. The molecule has 0 bridgehead atoms. The Hall–Kier alpha value is -2.46. The van der Waals surface area contributed by atoms with E-state index in [1.54, 1.807) is 30.3 Å². The number of hydrogen-bond acceptors (Lipinski definition) is 2. The summed E-state index contributed by atoms with van der Waals surface area (Å²) < 4.78 is 81.4. The number of carbonyl (C=O) groups is 2. The van der Waals surface area contributed by atoms with Gasteiger partial charge in [-0.25, -0.2) is 4.79 Å². The second kappa shape index (κ2) is 9.57. The maximum Gasteiger partial charge on any atom is 0.439 e. The van der Waals surface area contributed by atoms with E-state index >= 15 is 0 Å². The van der Waals surface area contributed by atoms with Gasteiger partial charge >= 0.3 is 24.0 Å². The van der Waals surface area contributed by atoms with Crippen LogP contribution < -0.4 is 16.0 Å². The van der Waals surface area contributed by atoms with Crippen LogP contribution in [0.2, 0.25) is 0 Å².